The van der Waals surface area contributed by atoms with Crippen molar-refractivity contribution in [1.82, 2.24) is 4.57 Å². The second kappa shape index (κ2) is 11.9. The maximum atomic E-state index is 2.57. The normalized spacial score (nSPS) is 18.3. The van der Waals surface area contributed by atoms with Gasteiger partial charge in [-0.25, -0.2) is 0 Å². The monoisotopic (exact) mass is 642 g/mol. The number of hydrogen-bond donors (Lipinski definition) is 0. The Bertz CT molecular complexity index is 2370. The molecule has 0 saturated heterocycles. The molecule has 0 N–H and O–H groups in total. The van der Waals surface area contributed by atoms with E-state index in [0.29, 0.717) is 5.92 Å². The summed E-state index contributed by atoms with van der Waals surface area (Å²) in [5.41, 5.74) is 18.7. The Balaban J connectivity index is 1.07. The first-order valence-electron chi connectivity index (χ1n) is 18.0. The van der Waals surface area contributed by atoms with E-state index < -0.39 is 0 Å². The SMILES string of the molecule is C1=CC2c3ccc(C4=Cc5c(c6c(n5-c5ccc(-c7ccccc7)cc5)C=CCC6)CC4)cc3N(c3cccc(-c4ccccc4)c3)C2C=C1. The minimum Gasteiger partial charge on any atom is -0.333 e. The summed E-state index contributed by atoms with van der Waals surface area (Å²) >= 11 is 0. The number of hydrogen-bond acceptors (Lipinski definition) is 1. The van der Waals surface area contributed by atoms with Crippen molar-refractivity contribution in [3.63, 3.8) is 0 Å². The Hall–Kier alpha value is -5.86. The van der Waals surface area contributed by atoms with Crippen molar-refractivity contribution in [2.24, 2.45) is 0 Å². The van der Waals surface area contributed by atoms with Crippen LogP contribution in [0.4, 0.5) is 11.4 Å². The van der Waals surface area contributed by atoms with Crippen molar-refractivity contribution >= 4 is 29.1 Å². The molecule has 1 aromatic heterocycles. The van der Waals surface area contributed by atoms with Crippen LogP contribution in [0.3, 0.4) is 0 Å². The molecule has 0 bridgehead atoms. The largest absolute Gasteiger partial charge is 0.333 e. The van der Waals surface area contributed by atoms with Crippen molar-refractivity contribution in [1.29, 1.82) is 0 Å². The van der Waals surface area contributed by atoms with Crippen molar-refractivity contribution in [3.8, 4) is 27.9 Å². The smallest absolute Gasteiger partial charge is 0.0629 e. The van der Waals surface area contributed by atoms with Gasteiger partial charge in [-0.3, -0.25) is 0 Å². The Kier molecular flexibility index (Phi) is 6.94. The van der Waals surface area contributed by atoms with Gasteiger partial charge in [-0.1, -0.05) is 127 Å². The highest BCUT2D eigenvalue weighted by atomic mass is 15.2. The average Bonchev–Trinajstić information content (AvgIpc) is 3.71. The number of nitrogens with zero attached hydrogens (tertiary/aromatic N) is 2. The lowest BCUT2D eigenvalue weighted by Gasteiger charge is -2.29. The van der Waals surface area contributed by atoms with Crippen molar-refractivity contribution in [3.05, 3.63) is 191 Å². The van der Waals surface area contributed by atoms with E-state index in [9.17, 15) is 0 Å². The van der Waals surface area contributed by atoms with Gasteiger partial charge < -0.3 is 9.47 Å². The van der Waals surface area contributed by atoms with Crippen LogP contribution in [0.1, 0.15) is 52.4 Å². The topological polar surface area (TPSA) is 8.17 Å². The zero-order chi connectivity index (χ0) is 33.0. The molecule has 2 unspecified atom stereocenters. The standard InChI is InChI=1S/C48H38N2/c1-3-12-33(13-4-1)35-22-26-39(27-23-35)49-45-20-9-7-18-41(45)43-28-24-37(31-47(43)49)38-25-29-44-42-19-8-10-21-46(42)50(48(44)32-38)40-17-11-16-36(30-40)34-14-5-2-6-15-34/h1-6,8-17,19-23,25-27,29-32,42,46H,7,18,24,28H2. The summed E-state index contributed by atoms with van der Waals surface area (Å²) in [7, 11) is 0. The Morgan fingerprint density at radius 2 is 1.22 bits per heavy atom. The molecule has 3 aliphatic carbocycles. The second-order valence-electron chi connectivity index (χ2n) is 13.9. The maximum absolute atomic E-state index is 2.57. The number of aromatic nitrogens is 1. The fourth-order valence-electron chi connectivity index (χ4n) is 8.75. The van der Waals surface area contributed by atoms with E-state index >= 15 is 0 Å². The predicted octanol–water partition coefficient (Wildman–Crippen LogP) is 12.0. The molecule has 4 aliphatic rings. The maximum Gasteiger partial charge on any atom is 0.0629 e. The van der Waals surface area contributed by atoms with Gasteiger partial charge in [-0.15, -0.1) is 0 Å². The van der Waals surface area contributed by atoms with E-state index in [1.165, 1.54) is 78.5 Å². The van der Waals surface area contributed by atoms with Gasteiger partial charge in [0, 0.05) is 34.4 Å². The summed E-state index contributed by atoms with van der Waals surface area (Å²) in [6.07, 6.45) is 20.7. The lowest BCUT2D eigenvalue weighted by Crippen LogP contribution is -2.28. The Morgan fingerprint density at radius 1 is 0.520 bits per heavy atom. The second-order valence-corrected chi connectivity index (χ2v) is 13.9. The molecule has 240 valence electrons. The minimum atomic E-state index is 0.262. The highest BCUT2D eigenvalue weighted by Crippen LogP contribution is 2.50. The third kappa shape index (κ3) is 4.78. The summed E-state index contributed by atoms with van der Waals surface area (Å²) in [6, 6.07) is 47.1. The van der Waals surface area contributed by atoms with Gasteiger partial charge in [0.1, 0.15) is 0 Å². The van der Waals surface area contributed by atoms with Gasteiger partial charge in [-0.05, 0) is 118 Å². The van der Waals surface area contributed by atoms with Crippen molar-refractivity contribution in [2.75, 3.05) is 4.90 Å². The molecule has 50 heavy (non-hydrogen) atoms. The van der Waals surface area contributed by atoms with Crippen LogP contribution in [0.2, 0.25) is 0 Å². The average molecular weight is 643 g/mol. The Morgan fingerprint density at radius 3 is 2.04 bits per heavy atom. The molecule has 0 spiro atoms. The molecular weight excluding hydrogens is 605 g/mol. The van der Waals surface area contributed by atoms with E-state index in [1.807, 2.05) is 0 Å². The Labute approximate surface area is 294 Å². The number of rotatable bonds is 5. The first-order chi connectivity index (χ1) is 24.8. The molecule has 5 aromatic carbocycles. The van der Waals surface area contributed by atoms with Gasteiger partial charge in [0.05, 0.1) is 6.04 Å². The number of fused-ring (bicyclic) bond motifs is 6. The van der Waals surface area contributed by atoms with Crippen LogP contribution in [0.25, 0.3) is 45.7 Å². The minimum absolute atomic E-state index is 0.262. The van der Waals surface area contributed by atoms with Gasteiger partial charge in [0.2, 0.25) is 0 Å². The van der Waals surface area contributed by atoms with Crippen molar-refractivity contribution < 1.29 is 0 Å². The molecule has 2 heteroatoms. The highest BCUT2D eigenvalue weighted by Gasteiger charge is 2.38. The predicted molar refractivity (Wildman–Crippen MR) is 210 cm³/mol. The molecular formula is C48H38N2. The number of allylic oxidation sites excluding steroid dienone is 4. The van der Waals surface area contributed by atoms with Crippen LogP contribution >= 0.6 is 0 Å². The van der Waals surface area contributed by atoms with Crippen LogP contribution < -0.4 is 4.90 Å². The fourth-order valence-corrected chi connectivity index (χ4v) is 8.75. The lowest BCUT2D eigenvalue weighted by atomic mass is 9.87. The molecule has 2 nitrogen and oxygen atoms in total. The van der Waals surface area contributed by atoms with E-state index in [-0.39, 0.29) is 6.04 Å². The molecule has 2 heterocycles. The summed E-state index contributed by atoms with van der Waals surface area (Å²) in [4.78, 5) is 2.57. The first kappa shape index (κ1) is 29.1. The zero-order valence-corrected chi connectivity index (χ0v) is 28.0. The van der Waals surface area contributed by atoms with Gasteiger partial charge >= 0.3 is 0 Å². The van der Waals surface area contributed by atoms with E-state index in [1.54, 1.807) is 0 Å². The number of anilines is 2. The van der Waals surface area contributed by atoms with E-state index in [2.05, 4.69) is 179 Å². The molecule has 0 fully saturated rings. The molecule has 0 radical (unpaired) electrons. The molecule has 0 amide bonds. The third-order valence-electron chi connectivity index (χ3n) is 11.1. The molecule has 2 atom stereocenters. The summed E-state index contributed by atoms with van der Waals surface area (Å²) < 4.78 is 2.52. The third-order valence-corrected chi connectivity index (χ3v) is 11.1. The molecule has 0 saturated carbocycles. The summed E-state index contributed by atoms with van der Waals surface area (Å²) in [5.74, 6) is 0.339. The van der Waals surface area contributed by atoms with Gasteiger partial charge in [0.15, 0.2) is 0 Å². The summed E-state index contributed by atoms with van der Waals surface area (Å²) in [5, 5.41) is 0. The lowest BCUT2D eigenvalue weighted by molar-refractivity contribution is 0.745. The number of benzene rings is 5. The molecule has 1 aliphatic heterocycles. The van der Waals surface area contributed by atoms with E-state index in [4.69, 9.17) is 0 Å². The van der Waals surface area contributed by atoms with Crippen LogP contribution in [0.5, 0.6) is 0 Å². The van der Waals surface area contributed by atoms with Crippen molar-refractivity contribution in [2.45, 2.75) is 37.6 Å². The summed E-state index contributed by atoms with van der Waals surface area (Å²) in [6.45, 7) is 0. The molecule has 6 aromatic rings. The highest BCUT2D eigenvalue weighted by molar-refractivity contribution is 5.89. The van der Waals surface area contributed by atoms with E-state index in [0.717, 1.165) is 25.7 Å². The van der Waals surface area contributed by atoms with Gasteiger partial charge in [0.25, 0.3) is 0 Å². The van der Waals surface area contributed by atoms with Crippen LogP contribution in [-0.4, -0.2) is 10.6 Å². The zero-order valence-electron chi connectivity index (χ0n) is 28.0. The fraction of sp³-hybridized carbons (Fsp3) is 0.125. The molecule has 10 rings (SSSR count). The van der Waals surface area contributed by atoms with Crippen LogP contribution in [0.15, 0.2) is 158 Å². The van der Waals surface area contributed by atoms with Crippen LogP contribution in [-0.2, 0) is 12.8 Å². The quantitative estimate of drug-likeness (QED) is 0.182. The van der Waals surface area contributed by atoms with Gasteiger partial charge in [-0.2, -0.15) is 0 Å². The first-order valence-corrected chi connectivity index (χ1v) is 18.0. The van der Waals surface area contributed by atoms with Crippen LogP contribution in [0, 0.1) is 0 Å².